The number of anilines is 3. The fourth-order valence-electron chi connectivity index (χ4n) is 7.40. The summed E-state index contributed by atoms with van der Waals surface area (Å²) in [6.45, 7) is 9.59. The lowest BCUT2D eigenvalue weighted by molar-refractivity contribution is -0.120. The largest absolute Gasteiger partial charge is 0.453 e. The van der Waals surface area contributed by atoms with Gasteiger partial charge in [-0.15, -0.1) is 0 Å². The Balaban J connectivity index is 0.818. The van der Waals surface area contributed by atoms with Crippen molar-refractivity contribution in [1.82, 2.24) is 34.9 Å². The van der Waals surface area contributed by atoms with E-state index in [-0.39, 0.29) is 11.9 Å². The number of urea groups is 1. The molecule has 51 heavy (non-hydrogen) atoms. The van der Waals surface area contributed by atoms with E-state index in [4.69, 9.17) is 16.3 Å². The number of aryl methyl sites for hydroxylation is 2. The molecule has 2 N–H and O–H groups in total. The number of nitrogens with zero attached hydrogens (tertiary/aromatic N) is 8. The molecule has 3 aromatic heterocycles. The fourth-order valence-corrected chi connectivity index (χ4v) is 7.58. The number of ether oxygens (including phenoxy) is 1. The number of aromatic nitrogens is 5. The second-order valence-electron chi connectivity index (χ2n) is 13.6. The topological polar surface area (TPSA) is 128 Å². The smallest absolute Gasteiger partial charge is 0.328 e. The zero-order valence-corrected chi connectivity index (χ0v) is 29.6. The van der Waals surface area contributed by atoms with E-state index in [1.165, 1.54) is 11.4 Å². The van der Waals surface area contributed by atoms with Crippen LogP contribution < -0.4 is 24.8 Å². The molecule has 0 aliphatic carbocycles. The Labute approximate surface area is 301 Å². The van der Waals surface area contributed by atoms with Crippen molar-refractivity contribution in [3.05, 3.63) is 71.6 Å². The normalized spacial score (nSPS) is 17.7. The fraction of sp³-hybridized carbons (Fsp3) is 0.378. The highest BCUT2D eigenvalue weighted by Crippen LogP contribution is 2.37. The van der Waals surface area contributed by atoms with Gasteiger partial charge in [0.1, 0.15) is 22.1 Å². The van der Waals surface area contributed by atoms with Crippen LogP contribution in [0.1, 0.15) is 25.0 Å². The van der Waals surface area contributed by atoms with Gasteiger partial charge in [-0.1, -0.05) is 11.6 Å². The summed E-state index contributed by atoms with van der Waals surface area (Å²) in [5, 5.41) is 7.23. The summed E-state index contributed by atoms with van der Waals surface area (Å²) in [6.07, 6.45) is 6.15. The first-order valence-electron chi connectivity index (χ1n) is 17.5. The van der Waals surface area contributed by atoms with E-state index < -0.39 is 0 Å². The van der Waals surface area contributed by atoms with Crippen LogP contribution >= 0.6 is 11.6 Å². The van der Waals surface area contributed by atoms with Gasteiger partial charge < -0.3 is 19.5 Å². The highest BCUT2D eigenvalue weighted by Gasteiger charge is 2.27. The second-order valence-corrected chi connectivity index (χ2v) is 14.0. The highest BCUT2D eigenvalue weighted by atomic mass is 35.5. The molecule has 3 aliphatic rings. The third kappa shape index (κ3) is 6.95. The second kappa shape index (κ2) is 13.9. The number of H-pyrrole nitrogens is 1. The summed E-state index contributed by atoms with van der Waals surface area (Å²) in [6, 6.07) is 16.0. The molecule has 13 nitrogen and oxygen atoms in total. The summed E-state index contributed by atoms with van der Waals surface area (Å²) < 4.78 is 8.06. The molecule has 0 bridgehead atoms. The van der Waals surface area contributed by atoms with E-state index >= 15 is 0 Å². The van der Waals surface area contributed by atoms with E-state index in [1.54, 1.807) is 15.8 Å². The molecule has 3 saturated heterocycles. The molecule has 3 amide bonds. The minimum Gasteiger partial charge on any atom is -0.453 e. The molecular weight excluding hydrogens is 668 g/mol. The monoisotopic (exact) mass is 708 g/mol. The van der Waals surface area contributed by atoms with Crippen molar-refractivity contribution in [2.75, 3.05) is 67.1 Å². The van der Waals surface area contributed by atoms with Crippen LogP contribution in [0.3, 0.4) is 0 Å². The number of benzene rings is 2. The van der Waals surface area contributed by atoms with Crippen LogP contribution in [0.5, 0.6) is 11.5 Å². The molecule has 2 aromatic carbocycles. The van der Waals surface area contributed by atoms with E-state index in [9.17, 15) is 9.59 Å². The van der Waals surface area contributed by atoms with Crippen LogP contribution in [-0.4, -0.2) is 93.9 Å². The molecule has 14 heteroatoms. The number of carbonyl (C=O) groups excluding carboxylic acids is 2. The van der Waals surface area contributed by atoms with Crippen molar-refractivity contribution in [3.63, 3.8) is 0 Å². The molecule has 0 radical (unpaired) electrons. The molecule has 6 heterocycles. The van der Waals surface area contributed by atoms with Gasteiger partial charge in [0.25, 0.3) is 0 Å². The SMILES string of the molecule is Cc1nn(C)cc1-c1nc2ncc(Cl)c(Oc3ccc(N4CCN(CC5CCN(c6ccc(N7CCC(=O)NC7=O)cc6)CC5)CC4)cc3)c2[nH]1. The predicted molar refractivity (Wildman–Crippen MR) is 198 cm³/mol. The number of imide groups is 1. The number of pyridine rings is 1. The van der Waals surface area contributed by atoms with Crippen molar-refractivity contribution in [2.45, 2.75) is 26.2 Å². The number of nitrogens with one attached hydrogen (secondary N) is 2. The molecule has 0 unspecified atom stereocenters. The van der Waals surface area contributed by atoms with Crippen LogP contribution in [0.2, 0.25) is 5.02 Å². The predicted octanol–water partition coefficient (Wildman–Crippen LogP) is 5.60. The number of fused-ring (bicyclic) bond motifs is 1. The molecule has 0 spiro atoms. The number of aromatic amines is 1. The number of amides is 3. The van der Waals surface area contributed by atoms with Crippen LogP contribution in [-0.2, 0) is 11.8 Å². The van der Waals surface area contributed by atoms with Gasteiger partial charge in [0, 0.05) is 89.1 Å². The number of piperidine rings is 1. The van der Waals surface area contributed by atoms with Gasteiger partial charge in [0.2, 0.25) is 5.91 Å². The molecule has 3 aliphatic heterocycles. The van der Waals surface area contributed by atoms with E-state index in [2.05, 4.69) is 64.3 Å². The Bertz CT molecular complexity index is 2050. The van der Waals surface area contributed by atoms with E-state index in [0.29, 0.717) is 52.4 Å². The van der Waals surface area contributed by atoms with Gasteiger partial charge in [-0.25, -0.2) is 14.8 Å². The van der Waals surface area contributed by atoms with Crippen LogP contribution in [0, 0.1) is 12.8 Å². The Morgan fingerprint density at radius 3 is 2.22 bits per heavy atom. The first kappa shape index (κ1) is 33.0. The highest BCUT2D eigenvalue weighted by molar-refractivity contribution is 6.32. The van der Waals surface area contributed by atoms with Gasteiger partial charge >= 0.3 is 6.03 Å². The zero-order chi connectivity index (χ0) is 35.1. The standard InChI is InChI=1S/C37H41ClN10O3/c1-24-30(23-44(2)43-24)35-41-33-34(31(38)21-39-36(33)42-35)51-29-9-7-27(8-10-29)47-19-17-45(18-20-47)22-25-11-14-46(15-12-25)26-3-5-28(6-4-26)48-16-13-32(49)40-37(48)50/h3-10,21,23,25H,11-20,22H2,1-2H3,(H,39,41,42)(H,40,49,50). The number of imidazole rings is 1. The maximum Gasteiger partial charge on any atom is 0.328 e. The Kier molecular flexibility index (Phi) is 8.99. The number of hydrogen-bond donors (Lipinski definition) is 2. The molecule has 0 atom stereocenters. The Morgan fingerprint density at radius 2 is 1.55 bits per heavy atom. The molecule has 264 valence electrons. The first-order valence-corrected chi connectivity index (χ1v) is 17.9. The van der Waals surface area contributed by atoms with E-state index in [0.717, 1.165) is 75.6 Å². The van der Waals surface area contributed by atoms with E-state index in [1.807, 2.05) is 44.4 Å². The summed E-state index contributed by atoms with van der Waals surface area (Å²) in [7, 11) is 1.88. The quantitative estimate of drug-likeness (QED) is 0.212. The molecule has 5 aromatic rings. The van der Waals surface area contributed by atoms with Gasteiger partial charge in [0.05, 0.1) is 17.5 Å². The number of piperazine rings is 1. The zero-order valence-electron chi connectivity index (χ0n) is 28.8. The van der Waals surface area contributed by atoms with Crippen molar-refractivity contribution in [2.24, 2.45) is 13.0 Å². The lowest BCUT2D eigenvalue weighted by atomic mass is 9.95. The molecule has 3 fully saturated rings. The van der Waals surface area contributed by atoms with Gasteiger partial charge in [0.15, 0.2) is 11.4 Å². The van der Waals surface area contributed by atoms with Crippen molar-refractivity contribution in [3.8, 4) is 22.9 Å². The van der Waals surface area contributed by atoms with Crippen molar-refractivity contribution >= 4 is 51.8 Å². The average Bonchev–Trinajstić information content (AvgIpc) is 3.72. The lowest BCUT2D eigenvalue weighted by Gasteiger charge is -2.40. The third-order valence-corrected chi connectivity index (χ3v) is 10.5. The van der Waals surface area contributed by atoms with Gasteiger partial charge in [-0.3, -0.25) is 24.6 Å². The Hall–Kier alpha value is -5.14. The molecule has 8 rings (SSSR count). The van der Waals surface area contributed by atoms with Gasteiger partial charge in [-0.05, 0) is 74.2 Å². The summed E-state index contributed by atoms with van der Waals surface area (Å²) in [5.41, 5.74) is 6.13. The first-order chi connectivity index (χ1) is 24.8. The minimum atomic E-state index is -0.348. The minimum absolute atomic E-state index is 0.216. The van der Waals surface area contributed by atoms with Crippen molar-refractivity contribution < 1.29 is 14.3 Å². The average molecular weight is 709 g/mol. The number of carbonyl (C=O) groups is 2. The summed E-state index contributed by atoms with van der Waals surface area (Å²) in [4.78, 5) is 45.2. The molecular formula is C37H41ClN10O3. The number of halogens is 1. The van der Waals surface area contributed by atoms with Crippen LogP contribution in [0.25, 0.3) is 22.6 Å². The Morgan fingerprint density at radius 1 is 0.882 bits per heavy atom. The summed E-state index contributed by atoms with van der Waals surface area (Å²) in [5.74, 6) is 2.32. The maximum absolute atomic E-state index is 12.2. The maximum atomic E-state index is 12.2. The van der Waals surface area contributed by atoms with Crippen LogP contribution in [0.4, 0.5) is 21.9 Å². The van der Waals surface area contributed by atoms with Gasteiger partial charge in [-0.2, -0.15) is 5.10 Å². The van der Waals surface area contributed by atoms with Crippen LogP contribution in [0.15, 0.2) is 60.9 Å². The lowest BCUT2D eigenvalue weighted by Crippen LogP contribution is -2.49. The third-order valence-electron chi connectivity index (χ3n) is 10.2. The van der Waals surface area contributed by atoms with Crippen molar-refractivity contribution in [1.29, 1.82) is 0 Å². The summed E-state index contributed by atoms with van der Waals surface area (Å²) >= 11 is 6.57. The number of hydrogen-bond acceptors (Lipinski definition) is 9. The molecule has 0 saturated carbocycles. The number of rotatable bonds is 8.